The summed E-state index contributed by atoms with van der Waals surface area (Å²) in [5.41, 5.74) is 2.76. The largest absolute Gasteiger partial charge is 0.481 e. The van der Waals surface area contributed by atoms with E-state index < -0.39 is 0 Å². The molecule has 116 valence electrons. The number of aryl methyl sites for hydroxylation is 2. The summed E-state index contributed by atoms with van der Waals surface area (Å²) in [6.45, 7) is 5.23. The smallest absolute Gasteiger partial charge is 0.266 e. The van der Waals surface area contributed by atoms with Gasteiger partial charge in [-0.2, -0.15) is 10.1 Å². The maximum absolute atomic E-state index is 11.8. The van der Waals surface area contributed by atoms with E-state index >= 15 is 0 Å². The molecule has 0 unspecified atom stereocenters. The van der Waals surface area contributed by atoms with Gasteiger partial charge in [-0.15, -0.1) is 0 Å². The minimum Gasteiger partial charge on any atom is -0.481 e. The molecule has 0 spiro atoms. The number of methoxy groups -OCH3 is 1. The zero-order chi connectivity index (χ0) is 15.9. The van der Waals surface area contributed by atoms with E-state index in [0.29, 0.717) is 18.2 Å². The van der Waals surface area contributed by atoms with Crippen molar-refractivity contribution in [1.29, 1.82) is 0 Å². The van der Waals surface area contributed by atoms with E-state index in [4.69, 9.17) is 4.74 Å². The van der Waals surface area contributed by atoms with Gasteiger partial charge in [-0.05, 0) is 13.8 Å². The molecule has 1 aliphatic heterocycles. The molecule has 0 atom stereocenters. The standard InChI is InChI=1S/C15H19N5O2/c1-9-14(16-10(2)17-15(9)22-4)20-6-5-12-11(8-20)7-13(21)19(3)18-12/h7H,5-6,8H2,1-4H3. The topological polar surface area (TPSA) is 73.1 Å². The van der Waals surface area contributed by atoms with E-state index in [0.717, 1.165) is 35.6 Å². The van der Waals surface area contributed by atoms with Crippen molar-refractivity contribution < 1.29 is 4.74 Å². The third-order valence-corrected chi connectivity index (χ3v) is 3.92. The average molecular weight is 301 g/mol. The van der Waals surface area contributed by atoms with Crippen molar-refractivity contribution in [1.82, 2.24) is 19.7 Å². The highest BCUT2D eigenvalue weighted by molar-refractivity contribution is 5.52. The van der Waals surface area contributed by atoms with E-state index in [9.17, 15) is 4.79 Å². The van der Waals surface area contributed by atoms with Crippen molar-refractivity contribution >= 4 is 5.82 Å². The fourth-order valence-corrected chi connectivity index (χ4v) is 2.77. The molecule has 7 heteroatoms. The molecule has 0 aliphatic carbocycles. The van der Waals surface area contributed by atoms with Crippen molar-refractivity contribution in [2.45, 2.75) is 26.8 Å². The first kappa shape index (κ1) is 14.5. The molecule has 0 saturated carbocycles. The number of anilines is 1. The Morgan fingerprint density at radius 3 is 2.77 bits per heavy atom. The Hall–Kier alpha value is -2.44. The molecule has 1 aliphatic rings. The number of fused-ring (bicyclic) bond motifs is 1. The Labute approximate surface area is 128 Å². The lowest BCUT2D eigenvalue weighted by Crippen LogP contribution is -2.35. The van der Waals surface area contributed by atoms with Gasteiger partial charge in [0.05, 0.1) is 18.4 Å². The molecule has 2 aromatic heterocycles. The van der Waals surface area contributed by atoms with Crippen molar-refractivity contribution in [3.05, 3.63) is 39.1 Å². The van der Waals surface area contributed by atoms with Crippen LogP contribution in [0.2, 0.25) is 0 Å². The number of aromatic nitrogens is 4. The van der Waals surface area contributed by atoms with Crippen LogP contribution in [0.15, 0.2) is 10.9 Å². The highest BCUT2D eigenvalue weighted by atomic mass is 16.5. The Balaban J connectivity index is 2.00. The summed E-state index contributed by atoms with van der Waals surface area (Å²) in [5.74, 6) is 2.12. The first-order chi connectivity index (χ1) is 10.5. The van der Waals surface area contributed by atoms with Gasteiger partial charge in [-0.25, -0.2) is 9.67 Å². The first-order valence-corrected chi connectivity index (χ1v) is 7.20. The summed E-state index contributed by atoms with van der Waals surface area (Å²) in [5, 5.41) is 4.34. The SMILES string of the molecule is COc1nc(C)nc(N2CCc3nn(C)c(=O)cc3C2)c1C. The molecule has 3 rings (SSSR count). The minimum atomic E-state index is -0.0891. The second-order valence-corrected chi connectivity index (χ2v) is 5.48. The molecule has 0 aromatic carbocycles. The fourth-order valence-electron chi connectivity index (χ4n) is 2.77. The van der Waals surface area contributed by atoms with Gasteiger partial charge in [0, 0.05) is 38.2 Å². The van der Waals surface area contributed by atoms with Crippen LogP contribution in [0.5, 0.6) is 5.88 Å². The zero-order valence-electron chi connectivity index (χ0n) is 13.3. The lowest BCUT2D eigenvalue weighted by atomic mass is 10.1. The average Bonchev–Trinajstić information content (AvgIpc) is 2.50. The van der Waals surface area contributed by atoms with Crippen LogP contribution < -0.4 is 15.2 Å². The molecule has 3 heterocycles. The van der Waals surface area contributed by atoms with Crippen LogP contribution in [-0.2, 0) is 20.0 Å². The molecule has 0 amide bonds. The number of rotatable bonds is 2. The first-order valence-electron chi connectivity index (χ1n) is 7.20. The van der Waals surface area contributed by atoms with Crippen LogP contribution in [0.3, 0.4) is 0 Å². The van der Waals surface area contributed by atoms with Gasteiger partial charge < -0.3 is 9.64 Å². The van der Waals surface area contributed by atoms with E-state index in [1.54, 1.807) is 20.2 Å². The Morgan fingerprint density at radius 2 is 2.05 bits per heavy atom. The molecule has 0 fully saturated rings. The highest BCUT2D eigenvalue weighted by Gasteiger charge is 2.23. The molecule has 0 N–H and O–H groups in total. The number of ether oxygens (including phenoxy) is 1. The van der Waals surface area contributed by atoms with Crippen molar-refractivity contribution in [3.8, 4) is 5.88 Å². The molecule has 0 radical (unpaired) electrons. The third kappa shape index (κ3) is 2.43. The predicted octanol–water partition coefficient (Wildman–Crippen LogP) is 0.758. The quantitative estimate of drug-likeness (QED) is 0.815. The molecular formula is C15H19N5O2. The van der Waals surface area contributed by atoms with Crippen LogP contribution in [-0.4, -0.2) is 33.4 Å². The van der Waals surface area contributed by atoms with Gasteiger partial charge >= 0.3 is 0 Å². The molecular weight excluding hydrogens is 282 g/mol. The summed E-state index contributed by atoms with van der Waals surface area (Å²) in [7, 11) is 3.29. The van der Waals surface area contributed by atoms with Crippen LogP contribution in [0.4, 0.5) is 5.82 Å². The summed E-state index contributed by atoms with van der Waals surface area (Å²) in [6.07, 6.45) is 0.786. The van der Waals surface area contributed by atoms with Gasteiger partial charge in [0.2, 0.25) is 5.88 Å². The summed E-state index contributed by atoms with van der Waals surface area (Å²) >= 11 is 0. The van der Waals surface area contributed by atoms with Crippen molar-refractivity contribution in [2.75, 3.05) is 18.6 Å². The summed E-state index contributed by atoms with van der Waals surface area (Å²) < 4.78 is 6.70. The van der Waals surface area contributed by atoms with Crippen molar-refractivity contribution in [3.63, 3.8) is 0 Å². The van der Waals surface area contributed by atoms with E-state index in [1.165, 1.54) is 4.68 Å². The minimum absolute atomic E-state index is 0.0891. The van der Waals surface area contributed by atoms with Gasteiger partial charge in [-0.3, -0.25) is 4.79 Å². The molecule has 22 heavy (non-hydrogen) atoms. The van der Waals surface area contributed by atoms with Gasteiger partial charge in [0.15, 0.2) is 0 Å². The van der Waals surface area contributed by atoms with E-state index in [-0.39, 0.29) is 5.56 Å². The number of nitrogens with zero attached hydrogens (tertiary/aromatic N) is 5. The van der Waals surface area contributed by atoms with E-state index in [2.05, 4.69) is 20.0 Å². The van der Waals surface area contributed by atoms with Crippen LogP contribution >= 0.6 is 0 Å². The number of hydrogen-bond acceptors (Lipinski definition) is 6. The zero-order valence-corrected chi connectivity index (χ0v) is 13.3. The number of hydrogen-bond donors (Lipinski definition) is 0. The summed E-state index contributed by atoms with van der Waals surface area (Å²) in [4.78, 5) is 22.8. The highest BCUT2D eigenvalue weighted by Crippen LogP contribution is 2.28. The van der Waals surface area contributed by atoms with Gasteiger partial charge in [0.25, 0.3) is 5.56 Å². The lowest BCUT2D eigenvalue weighted by Gasteiger charge is -2.30. The summed E-state index contributed by atoms with van der Waals surface area (Å²) in [6, 6.07) is 1.66. The van der Waals surface area contributed by atoms with Crippen LogP contribution in [0.1, 0.15) is 22.6 Å². The van der Waals surface area contributed by atoms with E-state index in [1.807, 2.05) is 13.8 Å². The maximum atomic E-state index is 11.8. The Kier molecular flexibility index (Phi) is 3.56. The second kappa shape index (κ2) is 5.40. The second-order valence-electron chi connectivity index (χ2n) is 5.48. The van der Waals surface area contributed by atoms with Crippen LogP contribution in [0.25, 0.3) is 0 Å². The predicted molar refractivity (Wildman–Crippen MR) is 82.3 cm³/mol. The fraction of sp³-hybridized carbons (Fsp3) is 0.467. The molecule has 2 aromatic rings. The van der Waals surface area contributed by atoms with Gasteiger partial charge in [0.1, 0.15) is 11.6 Å². The normalized spacial score (nSPS) is 13.9. The Bertz CT molecular complexity index is 784. The maximum Gasteiger partial charge on any atom is 0.266 e. The molecule has 0 saturated heterocycles. The Morgan fingerprint density at radius 1 is 1.27 bits per heavy atom. The third-order valence-electron chi connectivity index (χ3n) is 3.92. The van der Waals surface area contributed by atoms with Crippen LogP contribution in [0, 0.1) is 13.8 Å². The van der Waals surface area contributed by atoms with Crippen molar-refractivity contribution in [2.24, 2.45) is 7.05 Å². The lowest BCUT2D eigenvalue weighted by molar-refractivity contribution is 0.392. The molecule has 0 bridgehead atoms. The van der Waals surface area contributed by atoms with Gasteiger partial charge in [-0.1, -0.05) is 0 Å². The molecule has 7 nitrogen and oxygen atoms in total. The monoisotopic (exact) mass is 301 g/mol.